The zero-order chi connectivity index (χ0) is 31.6. The standard InChI is InChI=1S/C44H29N3O/c1-3-13-28(14-4-1)30-25-26-32-31-17-8-10-22-37(31)47(39(32)27-30)38-23-11-20-35-41-34(19-12-24-40(41)48-43(35)38)42-33-18-7-9-21-36(33)45-44(46-42)29-15-5-2-6-16-29/h1-27,42H,(H,45,46). The van der Waals surface area contributed by atoms with Crippen molar-refractivity contribution in [2.24, 2.45) is 4.99 Å². The fourth-order valence-corrected chi connectivity index (χ4v) is 7.51. The molecule has 0 spiro atoms. The maximum atomic E-state index is 6.87. The summed E-state index contributed by atoms with van der Waals surface area (Å²) in [7, 11) is 0. The third-order valence-electron chi connectivity index (χ3n) is 9.68. The lowest BCUT2D eigenvalue weighted by atomic mass is 9.91. The van der Waals surface area contributed by atoms with Gasteiger partial charge in [0.25, 0.3) is 0 Å². The fraction of sp³-hybridized carbons (Fsp3) is 0.0227. The van der Waals surface area contributed by atoms with Crippen molar-refractivity contribution in [1.82, 2.24) is 9.88 Å². The van der Waals surface area contributed by atoms with Crippen LogP contribution in [-0.4, -0.2) is 10.4 Å². The number of rotatable bonds is 4. The number of aromatic nitrogens is 1. The molecule has 4 nitrogen and oxygen atoms in total. The highest BCUT2D eigenvalue weighted by molar-refractivity contribution is 6.14. The van der Waals surface area contributed by atoms with Gasteiger partial charge in [0.2, 0.25) is 0 Å². The second-order valence-electron chi connectivity index (χ2n) is 12.4. The number of nitrogens with one attached hydrogen (secondary N) is 1. The Morgan fingerprint density at radius 1 is 0.521 bits per heavy atom. The third kappa shape index (κ3) is 4.06. The molecule has 2 aromatic heterocycles. The molecule has 1 atom stereocenters. The van der Waals surface area contributed by atoms with Crippen molar-refractivity contribution in [3.05, 3.63) is 180 Å². The second kappa shape index (κ2) is 10.6. The molecule has 0 saturated carbocycles. The molecular weight excluding hydrogens is 587 g/mol. The fourth-order valence-electron chi connectivity index (χ4n) is 7.51. The molecule has 4 heteroatoms. The van der Waals surface area contributed by atoms with Crippen LogP contribution >= 0.6 is 0 Å². The van der Waals surface area contributed by atoms with Crippen LogP contribution in [0.15, 0.2) is 173 Å². The van der Waals surface area contributed by atoms with Crippen LogP contribution in [0.3, 0.4) is 0 Å². The number of aliphatic imine (C=N–C) groups is 1. The Balaban J connectivity index is 1.21. The van der Waals surface area contributed by atoms with Crippen LogP contribution in [0.4, 0.5) is 5.69 Å². The van der Waals surface area contributed by atoms with Crippen molar-refractivity contribution < 1.29 is 4.42 Å². The predicted molar refractivity (Wildman–Crippen MR) is 198 cm³/mol. The van der Waals surface area contributed by atoms with Gasteiger partial charge in [-0.3, -0.25) is 0 Å². The van der Waals surface area contributed by atoms with Crippen LogP contribution in [0.1, 0.15) is 22.7 Å². The number of furan rings is 1. The Hall–Kier alpha value is -6.39. The maximum absolute atomic E-state index is 6.87. The van der Waals surface area contributed by atoms with Crippen molar-refractivity contribution in [1.29, 1.82) is 0 Å². The average Bonchev–Trinajstić information content (AvgIpc) is 3.71. The number of hydrogen-bond donors (Lipinski definition) is 1. The zero-order valence-electron chi connectivity index (χ0n) is 26.0. The number of fused-ring (bicyclic) bond motifs is 7. The molecule has 0 radical (unpaired) electrons. The van der Waals surface area contributed by atoms with Gasteiger partial charge in [-0.05, 0) is 47.0 Å². The Bertz CT molecular complexity index is 2700. The molecule has 1 aliphatic heterocycles. The van der Waals surface area contributed by atoms with Crippen LogP contribution in [0.25, 0.3) is 60.6 Å². The molecule has 0 amide bonds. The lowest BCUT2D eigenvalue weighted by molar-refractivity contribution is 0.665. The van der Waals surface area contributed by atoms with Crippen LogP contribution in [0, 0.1) is 0 Å². The summed E-state index contributed by atoms with van der Waals surface area (Å²) in [6.45, 7) is 0. The van der Waals surface area contributed by atoms with Gasteiger partial charge < -0.3 is 14.3 Å². The quantitative estimate of drug-likeness (QED) is 0.214. The lowest BCUT2D eigenvalue weighted by Gasteiger charge is -2.28. The number of benzene rings is 7. The highest BCUT2D eigenvalue weighted by Crippen LogP contribution is 2.43. The first kappa shape index (κ1) is 26.8. The summed E-state index contributed by atoms with van der Waals surface area (Å²) < 4.78 is 9.24. The topological polar surface area (TPSA) is 42.5 Å². The molecule has 1 unspecified atom stereocenters. The minimum Gasteiger partial charge on any atom is -0.454 e. The summed E-state index contributed by atoms with van der Waals surface area (Å²) in [4.78, 5) is 5.03. The van der Waals surface area contributed by atoms with Gasteiger partial charge in [0, 0.05) is 32.7 Å². The molecule has 9 aromatic rings. The molecule has 7 aromatic carbocycles. The van der Waals surface area contributed by atoms with Crippen LogP contribution in [-0.2, 0) is 0 Å². The van der Waals surface area contributed by atoms with Gasteiger partial charge in [-0.2, -0.15) is 0 Å². The number of para-hydroxylation sites is 3. The van der Waals surface area contributed by atoms with E-state index in [-0.39, 0.29) is 6.04 Å². The average molecular weight is 616 g/mol. The summed E-state index contributed by atoms with van der Waals surface area (Å²) in [6, 6.07) is 57.6. The smallest absolute Gasteiger partial charge is 0.159 e. The molecule has 10 rings (SSSR count). The monoisotopic (exact) mass is 615 g/mol. The van der Waals surface area contributed by atoms with Gasteiger partial charge in [0.15, 0.2) is 5.58 Å². The van der Waals surface area contributed by atoms with E-state index in [1.807, 2.05) is 6.07 Å². The normalized spacial score (nSPS) is 14.3. The van der Waals surface area contributed by atoms with E-state index < -0.39 is 0 Å². The van der Waals surface area contributed by atoms with E-state index in [2.05, 4.69) is 168 Å². The minimum absolute atomic E-state index is 0.108. The van der Waals surface area contributed by atoms with Gasteiger partial charge in [0.05, 0.1) is 28.5 Å². The van der Waals surface area contributed by atoms with E-state index in [9.17, 15) is 0 Å². The second-order valence-corrected chi connectivity index (χ2v) is 12.4. The van der Waals surface area contributed by atoms with Gasteiger partial charge in [-0.25, -0.2) is 4.99 Å². The predicted octanol–water partition coefficient (Wildman–Crippen LogP) is 11.1. The van der Waals surface area contributed by atoms with Crippen molar-refractivity contribution in [3.8, 4) is 16.8 Å². The third-order valence-corrected chi connectivity index (χ3v) is 9.68. The number of amidine groups is 1. The van der Waals surface area contributed by atoms with Crippen LogP contribution < -0.4 is 5.32 Å². The molecule has 226 valence electrons. The molecule has 1 N–H and O–H groups in total. The Labute approximate surface area is 277 Å². The summed E-state index contributed by atoms with van der Waals surface area (Å²) in [6.07, 6.45) is 0. The number of nitrogens with zero attached hydrogens (tertiary/aromatic N) is 2. The van der Waals surface area contributed by atoms with E-state index in [1.165, 1.54) is 21.9 Å². The summed E-state index contributed by atoms with van der Waals surface area (Å²) in [5, 5.41) is 8.44. The lowest BCUT2D eigenvalue weighted by Crippen LogP contribution is -2.32. The molecule has 3 heterocycles. The summed E-state index contributed by atoms with van der Waals surface area (Å²) in [5.41, 5.74) is 11.8. The van der Waals surface area contributed by atoms with Gasteiger partial charge in [-0.1, -0.05) is 133 Å². The van der Waals surface area contributed by atoms with Crippen molar-refractivity contribution in [2.75, 3.05) is 0 Å². The molecule has 0 fully saturated rings. The molecule has 0 aliphatic carbocycles. The van der Waals surface area contributed by atoms with Gasteiger partial charge >= 0.3 is 0 Å². The maximum Gasteiger partial charge on any atom is 0.159 e. The van der Waals surface area contributed by atoms with Crippen LogP contribution in [0.2, 0.25) is 0 Å². The molecular formula is C44H29N3O. The molecule has 0 bridgehead atoms. The van der Waals surface area contributed by atoms with E-state index >= 15 is 0 Å². The molecule has 1 aliphatic rings. The van der Waals surface area contributed by atoms with E-state index in [4.69, 9.17) is 9.41 Å². The number of hydrogen-bond acceptors (Lipinski definition) is 3. The highest BCUT2D eigenvalue weighted by Gasteiger charge is 2.28. The molecule has 48 heavy (non-hydrogen) atoms. The first-order chi connectivity index (χ1) is 23.8. The van der Waals surface area contributed by atoms with Gasteiger partial charge in [-0.15, -0.1) is 0 Å². The minimum atomic E-state index is -0.108. The molecule has 0 saturated heterocycles. The summed E-state index contributed by atoms with van der Waals surface area (Å²) >= 11 is 0. The summed E-state index contributed by atoms with van der Waals surface area (Å²) in [5.74, 6) is 0.865. The van der Waals surface area contributed by atoms with Crippen molar-refractivity contribution >= 4 is 55.3 Å². The Morgan fingerprint density at radius 3 is 2.08 bits per heavy atom. The SMILES string of the molecule is c1ccc(C2=Nc3ccccc3C(c3cccc4oc5c(-n6c7ccccc7c7ccc(-c8ccccc8)cc76)cccc5c34)N2)cc1. The van der Waals surface area contributed by atoms with Crippen molar-refractivity contribution in [3.63, 3.8) is 0 Å². The van der Waals surface area contributed by atoms with E-state index in [0.29, 0.717) is 0 Å². The Kier molecular flexibility index (Phi) is 5.90. The first-order valence-corrected chi connectivity index (χ1v) is 16.3. The largest absolute Gasteiger partial charge is 0.454 e. The van der Waals surface area contributed by atoms with Crippen molar-refractivity contribution in [2.45, 2.75) is 6.04 Å². The zero-order valence-corrected chi connectivity index (χ0v) is 26.0. The highest BCUT2D eigenvalue weighted by atomic mass is 16.3. The van der Waals surface area contributed by atoms with Crippen LogP contribution in [0.5, 0.6) is 0 Å². The Morgan fingerprint density at radius 2 is 1.21 bits per heavy atom. The first-order valence-electron chi connectivity index (χ1n) is 16.3. The van der Waals surface area contributed by atoms with E-state index in [0.717, 1.165) is 66.9 Å². The van der Waals surface area contributed by atoms with E-state index in [1.54, 1.807) is 0 Å². The van der Waals surface area contributed by atoms with Gasteiger partial charge in [0.1, 0.15) is 11.4 Å².